The number of benzene rings is 2. The third-order valence-corrected chi connectivity index (χ3v) is 6.60. The lowest BCUT2D eigenvalue weighted by molar-refractivity contribution is -0.113. The average Bonchev–Trinajstić information content (AvgIpc) is 3.48. The lowest BCUT2D eigenvalue weighted by Gasteiger charge is -2.11. The van der Waals surface area contributed by atoms with Crippen LogP contribution < -0.4 is 5.32 Å². The van der Waals surface area contributed by atoms with Gasteiger partial charge in [-0.15, -0.1) is 10.2 Å². The van der Waals surface area contributed by atoms with Crippen LogP contribution in [0.5, 0.6) is 0 Å². The van der Waals surface area contributed by atoms with E-state index in [0.717, 1.165) is 23.4 Å². The summed E-state index contributed by atoms with van der Waals surface area (Å²) in [5, 5.41) is 12.9. The number of nitrogens with zero attached hydrogens (tertiary/aromatic N) is 3. The molecule has 0 aliphatic rings. The summed E-state index contributed by atoms with van der Waals surface area (Å²) in [6.45, 7) is 4.81. The molecule has 0 bridgehead atoms. The topological polar surface area (TPSA) is 73.0 Å². The van der Waals surface area contributed by atoms with Crippen LogP contribution in [0.15, 0.2) is 76.5 Å². The van der Waals surface area contributed by atoms with Crippen LogP contribution in [0.2, 0.25) is 5.02 Å². The highest BCUT2D eigenvalue weighted by molar-refractivity contribution is 7.99. The smallest absolute Gasteiger partial charge is 0.234 e. The van der Waals surface area contributed by atoms with Crippen molar-refractivity contribution < 1.29 is 9.21 Å². The number of furan rings is 1. The van der Waals surface area contributed by atoms with Crippen LogP contribution >= 0.6 is 23.4 Å². The van der Waals surface area contributed by atoms with Gasteiger partial charge in [-0.3, -0.25) is 9.36 Å². The SMILES string of the molecule is CCC(C)c1ccc(NC(=O)CSc2nnc(-c3cccc(Cl)c3)n2Cc2ccco2)cc1. The molecule has 2 aromatic carbocycles. The molecule has 0 aliphatic heterocycles. The minimum absolute atomic E-state index is 0.104. The zero-order chi connectivity index (χ0) is 23.2. The number of hydrogen-bond acceptors (Lipinski definition) is 5. The Morgan fingerprint density at radius 2 is 1.97 bits per heavy atom. The predicted octanol–water partition coefficient (Wildman–Crippen LogP) is 6.48. The zero-order valence-corrected chi connectivity index (χ0v) is 20.1. The number of halogens is 1. The van der Waals surface area contributed by atoms with Crippen LogP contribution in [0.1, 0.15) is 37.5 Å². The molecule has 0 spiro atoms. The lowest BCUT2D eigenvalue weighted by Crippen LogP contribution is -2.15. The Kier molecular flexibility index (Phi) is 7.52. The van der Waals surface area contributed by atoms with E-state index in [1.807, 2.05) is 53.1 Å². The molecular formula is C25H25ClN4O2S. The fourth-order valence-corrected chi connectivity index (χ4v) is 4.32. The van der Waals surface area contributed by atoms with Crippen molar-refractivity contribution in [1.29, 1.82) is 0 Å². The van der Waals surface area contributed by atoms with E-state index in [0.29, 0.717) is 28.5 Å². The average molecular weight is 481 g/mol. The summed E-state index contributed by atoms with van der Waals surface area (Å²) in [6.07, 6.45) is 2.71. The van der Waals surface area contributed by atoms with Crippen molar-refractivity contribution in [2.24, 2.45) is 0 Å². The molecule has 1 amide bonds. The van der Waals surface area contributed by atoms with Crippen molar-refractivity contribution in [2.75, 3.05) is 11.1 Å². The highest BCUT2D eigenvalue weighted by Gasteiger charge is 2.17. The molecule has 0 fully saturated rings. The molecule has 4 rings (SSSR count). The zero-order valence-electron chi connectivity index (χ0n) is 18.5. The van der Waals surface area contributed by atoms with Crippen LogP contribution in [0, 0.1) is 0 Å². The molecule has 33 heavy (non-hydrogen) atoms. The number of amides is 1. The highest BCUT2D eigenvalue weighted by Crippen LogP contribution is 2.27. The Balaban J connectivity index is 1.47. The first-order chi connectivity index (χ1) is 16.0. The third-order valence-electron chi connectivity index (χ3n) is 5.40. The summed E-state index contributed by atoms with van der Waals surface area (Å²) in [5.41, 5.74) is 2.90. The van der Waals surface area contributed by atoms with Gasteiger partial charge in [-0.05, 0) is 54.3 Å². The molecular weight excluding hydrogens is 456 g/mol. The fourth-order valence-electron chi connectivity index (χ4n) is 3.40. The van der Waals surface area contributed by atoms with E-state index < -0.39 is 0 Å². The first kappa shape index (κ1) is 23.1. The maximum atomic E-state index is 12.6. The minimum atomic E-state index is -0.104. The molecule has 0 saturated heterocycles. The van der Waals surface area contributed by atoms with Gasteiger partial charge in [0.1, 0.15) is 5.76 Å². The molecule has 2 aromatic heterocycles. The monoisotopic (exact) mass is 480 g/mol. The van der Waals surface area contributed by atoms with Crippen molar-refractivity contribution >= 4 is 35.0 Å². The number of thioether (sulfide) groups is 1. The summed E-state index contributed by atoms with van der Waals surface area (Å²) in [6, 6.07) is 19.2. The van der Waals surface area contributed by atoms with Crippen LogP contribution in [0.4, 0.5) is 5.69 Å². The van der Waals surface area contributed by atoms with E-state index in [1.54, 1.807) is 6.26 Å². The number of hydrogen-bond donors (Lipinski definition) is 1. The molecule has 4 aromatic rings. The van der Waals surface area contributed by atoms with Gasteiger partial charge < -0.3 is 9.73 Å². The summed E-state index contributed by atoms with van der Waals surface area (Å²) in [7, 11) is 0. The van der Waals surface area contributed by atoms with E-state index >= 15 is 0 Å². The van der Waals surface area contributed by atoms with Crippen molar-refractivity contribution in [3.8, 4) is 11.4 Å². The van der Waals surface area contributed by atoms with Crippen LogP contribution in [-0.4, -0.2) is 26.4 Å². The van der Waals surface area contributed by atoms with Crippen molar-refractivity contribution in [3.05, 3.63) is 83.3 Å². The third kappa shape index (κ3) is 5.86. The van der Waals surface area contributed by atoms with Gasteiger partial charge in [0.25, 0.3) is 0 Å². The largest absolute Gasteiger partial charge is 0.467 e. The molecule has 0 aliphatic carbocycles. The summed E-state index contributed by atoms with van der Waals surface area (Å²) >= 11 is 7.51. The number of carbonyl (C=O) groups is 1. The second kappa shape index (κ2) is 10.7. The van der Waals surface area contributed by atoms with Gasteiger partial charge in [0.2, 0.25) is 5.91 Å². The first-order valence-electron chi connectivity index (χ1n) is 10.8. The maximum Gasteiger partial charge on any atom is 0.234 e. The van der Waals surface area contributed by atoms with Gasteiger partial charge in [-0.25, -0.2) is 0 Å². The molecule has 170 valence electrons. The van der Waals surface area contributed by atoms with Gasteiger partial charge in [0.15, 0.2) is 11.0 Å². The van der Waals surface area contributed by atoms with Crippen molar-refractivity contribution in [2.45, 2.75) is 37.9 Å². The van der Waals surface area contributed by atoms with Crippen LogP contribution in [0.25, 0.3) is 11.4 Å². The van der Waals surface area contributed by atoms with Gasteiger partial charge in [-0.1, -0.05) is 61.5 Å². The summed E-state index contributed by atoms with van der Waals surface area (Å²) in [4.78, 5) is 12.6. The molecule has 8 heteroatoms. The number of rotatable bonds is 9. The summed E-state index contributed by atoms with van der Waals surface area (Å²) < 4.78 is 7.46. The van der Waals surface area contributed by atoms with Crippen molar-refractivity contribution in [1.82, 2.24) is 14.8 Å². The second-order valence-electron chi connectivity index (χ2n) is 7.75. The Bertz CT molecular complexity index is 1210. The second-order valence-corrected chi connectivity index (χ2v) is 9.13. The molecule has 1 atom stereocenters. The van der Waals surface area contributed by atoms with E-state index in [9.17, 15) is 4.79 Å². The van der Waals surface area contributed by atoms with Crippen LogP contribution in [0.3, 0.4) is 0 Å². The van der Waals surface area contributed by atoms with E-state index in [4.69, 9.17) is 16.0 Å². The number of nitrogens with one attached hydrogen (secondary N) is 1. The Morgan fingerprint density at radius 3 is 2.67 bits per heavy atom. The van der Waals surface area contributed by atoms with Gasteiger partial charge >= 0.3 is 0 Å². The van der Waals surface area contributed by atoms with Gasteiger partial charge in [0, 0.05) is 16.3 Å². The standard InChI is InChI=1S/C25H25ClN4O2S/c1-3-17(2)18-9-11-21(12-10-18)27-23(31)16-33-25-29-28-24(19-6-4-7-20(26)14-19)30(25)15-22-8-5-13-32-22/h4-14,17H,3,15-16H2,1-2H3,(H,27,31). The maximum absolute atomic E-state index is 12.6. The fraction of sp³-hybridized carbons (Fsp3) is 0.240. The van der Waals surface area contributed by atoms with E-state index in [-0.39, 0.29) is 11.7 Å². The Hall–Kier alpha value is -3.03. The quantitative estimate of drug-likeness (QED) is 0.277. The molecule has 0 radical (unpaired) electrons. The molecule has 1 N–H and O–H groups in total. The number of carbonyl (C=O) groups excluding carboxylic acids is 1. The van der Waals surface area contributed by atoms with Crippen molar-refractivity contribution in [3.63, 3.8) is 0 Å². The Labute approximate surface area is 202 Å². The summed E-state index contributed by atoms with van der Waals surface area (Å²) in [5.74, 6) is 2.04. The lowest BCUT2D eigenvalue weighted by atomic mass is 9.99. The highest BCUT2D eigenvalue weighted by atomic mass is 35.5. The number of aromatic nitrogens is 3. The first-order valence-corrected chi connectivity index (χ1v) is 12.1. The predicted molar refractivity (Wildman–Crippen MR) is 133 cm³/mol. The van der Waals surface area contributed by atoms with Gasteiger partial charge in [-0.2, -0.15) is 0 Å². The molecule has 6 nitrogen and oxygen atoms in total. The Morgan fingerprint density at radius 1 is 1.15 bits per heavy atom. The van der Waals surface area contributed by atoms with Crippen LogP contribution in [-0.2, 0) is 11.3 Å². The molecule has 1 unspecified atom stereocenters. The molecule has 2 heterocycles. The molecule has 0 saturated carbocycles. The van der Waals surface area contributed by atoms with E-state index in [1.165, 1.54) is 17.3 Å². The number of anilines is 1. The van der Waals surface area contributed by atoms with Gasteiger partial charge in [0.05, 0.1) is 18.6 Å². The minimum Gasteiger partial charge on any atom is -0.467 e. The van der Waals surface area contributed by atoms with E-state index in [2.05, 4.69) is 41.5 Å². The normalized spacial score (nSPS) is 12.0.